The number of nitrogens with one attached hydrogen (secondary N) is 1. The molecule has 1 aliphatic rings. The van der Waals surface area contributed by atoms with Crippen molar-refractivity contribution in [3.8, 4) is 11.5 Å². The van der Waals surface area contributed by atoms with Gasteiger partial charge in [0, 0.05) is 25.2 Å². The molecule has 0 spiro atoms. The molecule has 1 aliphatic carbocycles. The fourth-order valence-electron chi connectivity index (χ4n) is 2.94. The molecule has 0 saturated heterocycles. The van der Waals surface area contributed by atoms with Crippen molar-refractivity contribution in [1.82, 2.24) is 10.2 Å². The Balaban J connectivity index is 1.98. The highest BCUT2D eigenvalue weighted by molar-refractivity contribution is 7.80. The van der Waals surface area contributed by atoms with Gasteiger partial charge in [0.1, 0.15) is 0 Å². The number of para-hydroxylation sites is 1. The van der Waals surface area contributed by atoms with E-state index < -0.39 is 0 Å². The first kappa shape index (κ1) is 16.9. The van der Waals surface area contributed by atoms with Crippen LogP contribution in [0.2, 0.25) is 0 Å². The predicted molar refractivity (Wildman–Crippen MR) is 93.6 cm³/mol. The Hall–Kier alpha value is -1.49. The number of thiocarbonyl (C=S) groups is 1. The third-order valence-electron chi connectivity index (χ3n) is 4.17. The molecule has 1 N–H and O–H groups in total. The van der Waals surface area contributed by atoms with Crippen LogP contribution in [0.1, 0.15) is 37.7 Å². The maximum atomic E-state index is 5.54. The molecule has 1 aromatic carbocycles. The van der Waals surface area contributed by atoms with Crippen molar-refractivity contribution in [3.05, 3.63) is 23.8 Å². The molecule has 22 heavy (non-hydrogen) atoms. The van der Waals surface area contributed by atoms with Gasteiger partial charge in [0.2, 0.25) is 0 Å². The first-order valence-corrected chi connectivity index (χ1v) is 8.28. The fourth-order valence-corrected chi connectivity index (χ4v) is 3.17. The maximum absolute atomic E-state index is 5.54. The van der Waals surface area contributed by atoms with Crippen molar-refractivity contribution in [3.63, 3.8) is 0 Å². The van der Waals surface area contributed by atoms with Gasteiger partial charge in [-0.15, -0.1) is 0 Å². The molecule has 1 fully saturated rings. The van der Waals surface area contributed by atoms with Crippen molar-refractivity contribution in [2.75, 3.05) is 21.3 Å². The summed E-state index contributed by atoms with van der Waals surface area (Å²) >= 11 is 5.54. The van der Waals surface area contributed by atoms with Crippen LogP contribution in [0.3, 0.4) is 0 Å². The largest absolute Gasteiger partial charge is 0.493 e. The van der Waals surface area contributed by atoms with Gasteiger partial charge in [0.15, 0.2) is 16.6 Å². The summed E-state index contributed by atoms with van der Waals surface area (Å²) in [7, 11) is 5.33. The number of hydrogen-bond donors (Lipinski definition) is 1. The lowest BCUT2D eigenvalue weighted by Crippen LogP contribution is -2.43. The third kappa shape index (κ3) is 4.26. The van der Waals surface area contributed by atoms with Crippen molar-refractivity contribution in [1.29, 1.82) is 0 Å². The van der Waals surface area contributed by atoms with E-state index in [1.807, 2.05) is 25.2 Å². The van der Waals surface area contributed by atoms with Crippen molar-refractivity contribution in [2.45, 2.75) is 44.7 Å². The Morgan fingerprint density at radius 3 is 2.59 bits per heavy atom. The van der Waals surface area contributed by atoms with Crippen LogP contribution in [0.4, 0.5) is 0 Å². The number of methoxy groups -OCH3 is 2. The number of ether oxygens (including phenoxy) is 2. The maximum Gasteiger partial charge on any atom is 0.169 e. The number of hydrogen-bond acceptors (Lipinski definition) is 3. The summed E-state index contributed by atoms with van der Waals surface area (Å²) in [6.45, 7) is 0.693. The quantitative estimate of drug-likeness (QED) is 0.841. The molecule has 1 aromatic rings. The van der Waals surface area contributed by atoms with E-state index in [0.29, 0.717) is 12.6 Å². The summed E-state index contributed by atoms with van der Waals surface area (Å²) in [5.74, 6) is 1.52. The molecule has 4 nitrogen and oxygen atoms in total. The highest BCUT2D eigenvalue weighted by Gasteiger charge is 2.17. The van der Waals surface area contributed by atoms with E-state index >= 15 is 0 Å². The second-order valence-electron chi connectivity index (χ2n) is 5.79. The van der Waals surface area contributed by atoms with E-state index in [1.54, 1.807) is 14.2 Å². The highest BCUT2D eigenvalue weighted by Crippen LogP contribution is 2.31. The van der Waals surface area contributed by atoms with Crippen molar-refractivity contribution < 1.29 is 9.47 Å². The van der Waals surface area contributed by atoms with Crippen molar-refractivity contribution >= 4 is 17.3 Å². The molecule has 0 bridgehead atoms. The second kappa shape index (κ2) is 8.22. The van der Waals surface area contributed by atoms with Gasteiger partial charge in [-0.3, -0.25) is 0 Å². The van der Waals surface area contributed by atoms with E-state index in [1.165, 1.54) is 32.1 Å². The van der Waals surface area contributed by atoms with Crippen LogP contribution >= 0.6 is 12.2 Å². The SMILES string of the molecule is COc1cccc(CN(C)C(=S)NC2CCCCC2)c1OC. The molecular formula is C17H26N2O2S. The minimum atomic E-state index is 0.524. The van der Waals surface area contributed by atoms with Crippen LogP contribution in [0, 0.1) is 0 Å². The summed E-state index contributed by atoms with van der Waals surface area (Å²) in [4.78, 5) is 2.06. The molecule has 0 heterocycles. The standard InChI is InChI=1S/C17H26N2O2S/c1-19(17(22)18-14-9-5-4-6-10-14)12-13-8-7-11-15(20-2)16(13)21-3/h7-8,11,14H,4-6,9-10,12H2,1-3H3,(H,18,22). The number of rotatable bonds is 5. The van der Waals surface area contributed by atoms with Gasteiger partial charge < -0.3 is 19.7 Å². The molecular weight excluding hydrogens is 296 g/mol. The van der Waals surface area contributed by atoms with E-state index in [2.05, 4.69) is 10.2 Å². The zero-order chi connectivity index (χ0) is 15.9. The second-order valence-corrected chi connectivity index (χ2v) is 6.18. The average Bonchev–Trinajstić information content (AvgIpc) is 2.55. The monoisotopic (exact) mass is 322 g/mol. The van der Waals surface area contributed by atoms with Crippen LogP contribution in [0.15, 0.2) is 18.2 Å². The Morgan fingerprint density at radius 1 is 1.23 bits per heavy atom. The first-order chi connectivity index (χ1) is 10.7. The van der Waals surface area contributed by atoms with Crippen LogP contribution in [-0.4, -0.2) is 37.3 Å². The minimum Gasteiger partial charge on any atom is -0.493 e. The van der Waals surface area contributed by atoms with Crippen molar-refractivity contribution in [2.24, 2.45) is 0 Å². The molecule has 2 rings (SSSR count). The minimum absolute atomic E-state index is 0.524. The molecule has 1 saturated carbocycles. The Kier molecular flexibility index (Phi) is 6.31. The molecule has 0 aromatic heterocycles. The zero-order valence-corrected chi connectivity index (χ0v) is 14.5. The lowest BCUT2D eigenvalue weighted by atomic mass is 9.96. The summed E-state index contributed by atoms with van der Waals surface area (Å²) in [6.07, 6.45) is 6.39. The molecule has 0 atom stereocenters. The lowest BCUT2D eigenvalue weighted by molar-refractivity contribution is 0.345. The topological polar surface area (TPSA) is 33.7 Å². The summed E-state index contributed by atoms with van der Waals surface area (Å²) in [6, 6.07) is 6.44. The molecule has 0 radical (unpaired) electrons. The summed E-state index contributed by atoms with van der Waals surface area (Å²) < 4.78 is 10.8. The van der Waals surface area contributed by atoms with Gasteiger partial charge >= 0.3 is 0 Å². The van der Waals surface area contributed by atoms with Crippen LogP contribution in [-0.2, 0) is 6.54 Å². The number of benzene rings is 1. The normalized spacial score (nSPS) is 15.2. The van der Waals surface area contributed by atoms with Gasteiger partial charge in [0.25, 0.3) is 0 Å². The molecule has 0 unspecified atom stereocenters. The van der Waals surface area contributed by atoms with E-state index in [4.69, 9.17) is 21.7 Å². The molecule has 0 aliphatic heterocycles. The van der Waals surface area contributed by atoms with E-state index in [9.17, 15) is 0 Å². The molecule has 0 amide bonds. The van der Waals surface area contributed by atoms with Gasteiger partial charge in [-0.05, 0) is 31.1 Å². The third-order valence-corrected chi connectivity index (χ3v) is 4.60. The average molecular weight is 322 g/mol. The highest BCUT2D eigenvalue weighted by atomic mass is 32.1. The Bertz CT molecular complexity index is 501. The Labute approximate surface area is 138 Å². The number of nitrogens with zero attached hydrogens (tertiary/aromatic N) is 1. The van der Waals surface area contributed by atoms with E-state index in [0.717, 1.165) is 22.2 Å². The van der Waals surface area contributed by atoms with E-state index in [-0.39, 0.29) is 0 Å². The smallest absolute Gasteiger partial charge is 0.169 e. The summed E-state index contributed by atoms with van der Waals surface area (Å²) in [5.41, 5.74) is 1.07. The van der Waals surface area contributed by atoms with Gasteiger partial charge in [-0.25, -0.2) is 0 Å². The van der Waals surface area contributed by atoms with Gasteiger partial charge in [0.05, 0.1) is 14.2 Å². The summed E-state index contributed by atoms with van der Waals surface area (Å²) in [5, 5.41) is 4.29. The molecule has 5 heteroatoms. The fraction of sp³-hybridized carbons (Fsp3) is 0.588. The first-order valence-electron chi connectivity index (χ1n) is 7.87. The zero-order valence-electron chi connectivity index (χ0n) is 13.7. The molecule has 122 valence electrons. The van der Waals surface area contributed by atoms with Gasteiger partial charge in [-0.2, -0.15) is 0 Å². The van der Waals surface area contributed by atoms with Crippen LogP contribution in [0.25, 0.3) is 0 Å². The van der Waals surface area contributed by atoms with Crippen LogP contribution < -0.4 is 14.8 Å². The van der Waals surface area contributed by atoms with Crippen LogP contribution in [0.5, 0.6) is 11.5 Å². The lowest BCUT2D eigenvalue weighted by Gasteiger charge is -2.29. The van der Waals surface area contributed by atoms with Gasteiger partial charge in [-0.1, -0.05) is 31.4 Å². The predicted octanol–water partition coefficient (Wildman–Crippen LogP) is 3.34. The Morgan fingerprint density at radius 2 is 1.95 bits per heavy atom.